The molecule has 2 unspecified atom stereocenters. The highest BCUT2D eigenvalue weighted by Crippen LogP contribution is 2.62. The first kappa shape index (κ1) is 17.0. The fraction of sp³-hybridized carbons (Fsp3) is 0.857. The summed E-state index contributed by atoms with van der Waals surface area (Å²) >= 11 is 0. The van der Waals surface area contributed by atoms with Crippen molar-refractivity contribution in [3.8, 4) is 0 Å². The molecule has 0 aromatic carbocycles. The highest BCUT2D eigenvalue weighted by molar-refractivity contribution is 5.33. The lowest BCUT2D eigenvalue weighted by Crippen LogP contribution is -2.51. The van der Waals surface area contributed by atoms with Crippen LogP contribution in [-0.4, -0.2) is 12.6 Å². The van der Waals surface area contributed by atoms with Crippen molar-refractivity contribution in [2.45, 2.75) is 72.6 Å². The van der Waals surface area contributed by atoms with Gasteiger partial charge in [-0.3, -0.25) is 0 Å². The van der Waals surface area contributed by atoms with Gasteiger partial charge in [0.1, 0.15) is 0 Å². The molecular formula is C21H33NO. The number of isocyanates is 1. The van der Waals surface area contributed by atoms with Gasteiger partial charge in [-0.2, -0.15) is 0 Å². The lowest BCUT2D eigenvalue weighted by atomic mass is 9.46. The number of allylic oxidation sites excluding steroid dienone is 2. The number of rotatable bonds is 3. The molecular weight excluding hydrogens is 282 g/mol. The molecule has 0 aliphatic heterocycles. The molecule has 2 heteroatoms. The zero-order valence-electron chi connectivity index (χ0n) is 15.4. The zero-order valence-corrected chi connectivity index (χ0v) is 15.4. The van der Waals surface area contributed by atoms with Crippen molar-refractivity contribution in [3.05, 3.63) is 11.6 Å². The van der Waals surface area contributed by atoms with Crippen molar-refractivity contribution in [2.75, 3.05) is 6.54 Å². The van der Waals surface area contributed by atoms with E-state index in [1.165, 1.54) is 44.9 Å². The van der Waals surface area contributed by atoms with Crippen LogP contribution < -0.4 is 0 Å². The van der Waals surface area contributed by atoms with Gasteiger partial charge < -0.3 is 0 Å². The van der Waals surface area contributed by atoms with Crippen LogP contribution in [0.5, 0.6) is 0 Å². The van der Waals surface area contributed by atoms with Gasteiger partial charge in [0.05, 0.1) is 6.54 Å². The van der Waals surface area contributed by atoms with Gasteiger partial charge in [-0.1, -0.05) is 45.8 Å². The Morgan fingerprint density at radius 3 is 2.78 bits per heavy atom. The Balaban J connectivity index is 1.88. The molecule has 2 fully saturated rings. The first-order valence-corrected chi connectivity index (χ1v) is 9.63. The standard InChI is InChI=1S/C21H33NO/c1-15(2)16-6-8-18-17(12-16)7-9-19-20(3,13-22-14-23)10-5-11-21(18,19)4/h7,15-16,18-19H,5-6,8-13H2,1-4H3/t16?,18-,19?,20-,21-/m1/s1. The summed E-state index contributed by atoms with van der Waals surface area (Å²) in [6.07, 6.45) is 13.5. The van der Waals surface area contributed by atoms with E-state index in [2.05, 4.69) is 38.8 Å². The largest absolute Gasteiger partial charge is 0.234 e. The van der Waals surface area contributed by atoms with Crippen LogP contribution in [-0.2, 0) is 4.79 Å². The number of fused-ring (bicyclic) bond motifs is 3. The smallest absolute Gasteiger partial charge is 0.211 e. The first-order valence-electron chi connectivity index (χ1n) is 9.63. The minimum Gasteiger partial charge on any atom is -0.211 e. The summed E-state index contributed by atoms with van der Waals surface area (Å²) in [5.41, 5.74) is 2.36. The third-order valence-electron chi connectivity index (χ3n) is 7.73. The lowest BCUT2D eigenvalue weighted by molar-refractivity contribution is -0.0521. The van der Waals surface area contributed by atoms with Crippen LogP contribution in [0.25, 0.3) is 0 Å². The molecule has 2 nitrogen and oxygen atoms in total. The van der Waals surface area contributed by atoms with E-state index in [-0.39, 0.29) is 5.41 Å². The Labute approximate surface area is 141 Å². The summed E-state index contributed by atoms with van der Waals surface area (Å²) < 4.78 is 0. The van der Waals surface area contributed by atoms with Crippen molar-refractivity contribution >= 4 is 6.08 Å². The predicted molar refractivity (Wildman–Crippen MR) is 94.9 cm³/mol. The van der Waals surface area contributed by atoms with Crippen LogP contribution in [0.1, 0.15) is 72.6 Å². The molecule has 0 spiro atoms. The van der Waals surface area contributed by atoms with E-state index in [1.807, 2.05) is 0 Å². The van der Waals surface area contributed by atoms with E-state index in [0.717, 1.165) is 17.8 Å². The van der Waals surface area contributed by atoms with Crippen LogP contribution in [0.4, 0.5) is 0 Å². The lowest BCUT2D eigenvalue weighted by Gasteiger charge is -2.59. The molecule has 0 aromatic heterocycles. The van der Waals surface area contributed by atoms with Gasteiger partial charge in [-0.25, -0.2) is 9.79 Å². The van der Waals surface area contributed by atoms with Crippen molar-refractivity contribution < 1.29 is 4.79 Å². The highest BCUT2D eigenvalue weighted by atomic mass is 16.1. The third kappa shape index (κ3) is 2.84. The normalized spacial score (nSPS) is 43.2. The minimum absolute atomic E-state index is 0.182. The van der Waals surface area contributed by atoms with Gasteiger partial charge in [0.25, 0.3) is 0 Å². The maximum atomic E-state index is 10.7. The van der Waals surface area contributed by atoms with Crippen molar-refractivity contribution in [3.63, 3.8) is 0 Å². The second-order valence-corrected chi connectivity index (χ2v) is 9.33. The van der Waals surface area contributed by atoms with Crippen LogP contribution >= 0.6 is 0 Å². The fourth-order valence-electron chi connectivity index (χ4n) is 6.32. The van der Waals surface area contributed by atoms with Crippen molar-refractivity contribution in [1.29, 1.82) is 0 Å². The highest BCUT2D eigenvalue weighted by Gasteiger charge is 2.54. The average Bonchev–Trinajstić information content (AvgIpc) is 2.52. The fourth-order valence-corrected chi connectivity index (χ4v) is 6.32. The molecule has 23 heavy (non-hydrogen) atoms. The maximum Gasteiger partial charge on any atom is 0.234 e. The number of nitrogens with zero attached hydrogens (tertiary/aromatic N) is 1. The molecule has 3 rings (SSSR count). The molecule has 3 aliphatic rings. The second-order valence-electron chi connectivity index (χ2n) is 9.33. The van der Waals surface area contributed by atoms with Gasteiger partial charge in [0.2, 0.25) is 6.08 Å². The third-order valence-corrected chi connectivity index (χ3v) is 7.73. The molecule has 0 aromatic rings. The Hall–Kier alpha value is -0.880. The van der Waals surface area contributed by atoms with Crippen LogP contribution in [0.3, 0.4) is 0 Å². The summed E-state index contributed by atoms with van der Waals surface area (Å²) in [5.74, 6) is 3.13. The predicted octanol–water partition coefficient (Wildman–Crippen LogP) is 5.54. The van der Waals surface area contributed by atoms with Crippen molar-refractivity contribution in [2.24, 2.45) is 39.5 Å². The summed E-state index contributed by atoms with van der Waals surface area (Å²) in [5, 5.41) is 0. The van der Waals surface area contributed by atoms with Gasteiger partial charge in [0.15, 0.2) is 0 Å². The molecule has 3 aliphatic carbocycles. The van der Waals surface area contributed by atoms with E-state index in [4.69, 9.17) is 0 Å². The molecule has 0 radical (unpaired) electrons. The van der Waals surface area contributed by atoms with E-state index >= 15 is 0 Å². The molecule has 0 bridgehead atoms. The Bertz CT molecular complexity index is 530. The van der Waals surface area contributed by atoms with Gasteiger partial charge in [0, 0.05) is 0 Å². The SMILES string of the molecule is CC(C)C1CC[C@@H]2C(=CCC3[C@@](C)(CN=C=O)CCC[C@@]32C)C1. The number of carbonyl (C=O) groups excluding carboxylic acids is 1. The zero-order chi connectivity index (χ0) is 16.7. The van der Waals surface area contributed by atoms with Gasteiger partial charge in [-0.05, 0) is 73.0 Å². The Morgan fingerprint density at radius 2 is 2.09 bits per heavy atom. The summed E-state index contributed by atoms with van der Waals surface area (Å²) in [7, 11) is 0. The molecule has 2 saturated carbocycles. The monoisotopic (exact) mass is 315 g/mol. The Kier molecular flexibility index (Phi) is 4.58. The summed E-state index contributed by atoms with van der Waals surface area (Å²) in [4.78, 5) is 14.7. The van der Waals surface area contributed by atoms with Gasteiger partial charge >= 0.3 is 0 Å². The van der Waals surface area contributed by atoms with E-state index in [9.17, 15) is 4.79 Å². The maximum absolute atomic E-state index is 10.7. The number of hydrogen-bond acceptors (Lipinski definition) is 2. The number of hydrogen-bond donors (Lipinski definition) is 0. The van der Waals surface area contributed by atoms with E-state index < -0.39 is 0 Å². The topological polar surface area (TPSA) is 29.4 Å². The summed E-state index contributed by atoms with van der Waals surface area (Å²) in [6, 6.07) is 0. The first-order chi connectivity index (χ1) is 10.9. The molecule has 0 saturated heterocycles. The quantitative estimate of drug-likeness (QED) is 0.382. The minimum atomic E-state index is 0.182. The Morgan fingerprint density at radius 1 is 1.30 bits per heavy atom. The average molecular weight is 316 g/mol. The van der Waals surface area contributed by atoms with E-state index in [1.54, 1.807) is 11.7 Å². The van der Waals surface area contributed by atoms with Crippen LogP contribution in [0.15, 0.2) is 16.6 Å². The van der Waals surface area contributed by atoms with Crippen LogP contribution in [0, 0.1) is 34.5 Å². The second kappa shape index (κ2) is 6.20. The molecule has 0 amide bonds. The summed E-state index contributed by atoms with van der Waals surface area (Å²) in [6.45, 7) is 10.4. The van der Waals surface area contributed by atoms with Gasteiger partial charge in [-0.15, -0.1) is 0 Å². The molecule has 5 atom stereocenters. The van der Waals surface area contributed by atoms with Crippen LogP contribution in [0.2, 0.25) is 0 Å². The van der Waals surface area contributed by atoms with E-state index in [0.29, 0.717) is 17.9 Å². The van der Waals surface area contributed by atoms with Crippen molar-refractivity contribution in [1.82, 2.24) is 0 Å². The molecule has 0 heterocycles. The number of aliphatic imine (C=N–C) groups is 1. The molecule has 0 N–H and O–H groups in total. The molecule has 128 valence electrons.